The lowest BCUT2D eigenvalue weighted by molar-refractivity contribution is 0.581. The molecule has 0 saturated heterocycles. The maximum atomic E-state index is 12.2. The Labute approximate surface area is 129 Å². The molecule has 0 saturated carbocycles. The summed E-state index contributed by atoms with van der Waals surface area (Å²) in [5.74, 6) is 0. The van der Waals surface area contributed by atoms with Crippen molar-refractivity contribution in [3.8, 4) is 0 Å². The second-order valence-electron chi connectivity index (χ2n) is 5.02. The Kier molecular flexibility index (Phi) is 3.87. The van der Waals surface area contributed by atoms with Gasteiger partial charge in [-0.2, -0.15) is 0 Å². The smallest absolute Gasteiger partial charge is 0.240 e. The summed E-state index contributed by atoms with van der Waals surface area (Å²) in [6.45, 7) is 2.13. The number of fused-ring (bicyclic) bond motifs is 1. The number of nitrogens with zero attached hydrogens (tertiary/aromatic N) is 2. The van der Waals surface area contributed by atoms with E-state index in [2.05, 4.69) is 14.7 Å². The summed E-state index contributed by atoms with van der Waals surface area (Å²) in [7, 11) is -3.51. The van der Waals surface area contributed by atoms with Gasteiger partial charge in [0.25, 0.3) is 0 Å². The Morgan fingerprint density at radius 2 is 1.64 bits per heavy atom. The van der Waals surface area contributed by atoms with Crippen LogP contribution in [0.5, 0.6) is 0 Å². The number of rotatable bonds is 4. The molecule has 1 heterocycles. The van der Waals surface area contributed by atoms with Crippen LogP contribution in [-0.4, -0.2) is 18.4 Å². The fourth-order valence-corrected chi connectivity index (χ4v) is 3.12. The van der Waals surface area contributed by atoms with Gasteiger partial charge in [0, 0.05) is 18.9 Å². The summed E-state index contributed by atoms with van der Waals surface area (Å²) in [5.41, 5.74) is 3.39. The second-order valence-corrected chi connectivity index (χ2v) is 6.78. The van der Waals surface area contributed by atoms with Gasteiger partial charge in [-0.3, -0.25) is 9.97 Å². The first kappa shape index (κ1) is 14.6. The second kappa shape index (κ2) is 5.82. The summed E-state index contributed by atoms with van der Waals surface area (Å²) < 4.78 is 27.1. The van der Waals surface area contributed by atoms with Gasteiger partial charge in [0.2, 0.25) is 10.0 Å². The molecule has 0 atom stereocenters. The fourth-order valence-electron chi connectivity index (χ4n) is 2.10. The third-order valence-corrected chi connectivity index (χ3v) is 4.75. The van der Waals surface area contributed by atoms with Crippen molar-refractivity contribution in [3.63, 3.8) is 0 Å². The highest BCUT2D eigenvalue weighted by molar-refractivity contribution is 7.89. The molecule has 6 heteroatoms. The molecule has 1 aromatic heterocycles. The van der Waals surface area contributed by atoms with Crippen LogP contribution in [0.3, 0.4) is 0 Å². The molecule has 2 aromatic carbocycles. The Morgan fingerprint density at radius 1 is 0.955 bits per heavy atom. The molecule has 1 N–H and O–H groups in total. The van der Waals surface area contributed by atoms with Crippen molar-refractivity contribution in [2.75, 3.05) is 0 Å². The maximum Gasteiger partial charge on any atom is 0.240 e. The first-order chi connectivity index (χ1) is 10.5. The highest BCUT2D eigenvalue weighted by atomic mass is 32.2. The Hall–Kier alpha value is -2.31. The molecule has 0 radical (unpaired) electrons. The zero-order chi connectivity index (χ0) is 15.6. The van der Waals surface area contributed by atoms with E-state index in [0.29, 0.717) is 0 Å². The number of aromatic nitrogens is 2. The maximum absolute atomic E-state index is 12.2. The van der Waals surface area contributed by atoms with Gasteiger partial charge >= 0.3 is 0 Å². The summed E-state index contributed by atoms with van der Waals surface area (Å²) >= 11 is 0. The van der Waals surface area contributed by atoms with E-state index < -0.39 is 10.0 Å². The molecule has 0 unspecified atom stereocenters. The van der Waals surface area contributed by atoms with Gasteiger partial charge in [0.15, 0.2) is 0 Å². The highest BCUT2D eigenvalue weighted by Crippen LogP contribution is 2.13. The van der Waals surface area contributed by atoms with Crippen LogP contribution in [0.4, 0.5) is 0 Å². The van der Waals surface area contributed by atoms with E-state index in [0.717, 1.165) is 22.2 Å². The monoisotopic (exact) mass is 313 g/mol. The van der Waals surface area contributed by atoms with Gasteiger partial charge in [-0.15, -0.1) is 0 Å². The summed E-state index contributed by atoms with van der Waals surface area (Å²) in [5, 5.41) is 0. The van der Waals surface area contributed by atoms with Crippen LogP contribution in [0.1, 0.15) is 11.1 Å². The number of benzene rings is 2. The van der Waals surface area contributed by atoms with Crippen molar-refractivity contribution in [1.29, 1.82) is 0 Å². The van der Waals surface area contributed by atoms with E-state index in [9.17, 15) is 8.42 Å². The molecule has 0 aliphatic carbocycles. The highest BCUT2D eigenvalue weighted by Gasteiger charge is 2.13. The first-order valence-corrected chi connectivity index (χ1v) is 8.29. The van der Waals surface area contributed by atoms with Gasteiger partial charge in [-0.1, -0.05) is 23.8 Å². The number of hydrogen-bond acceptors (Lipinski definition) is 4. The van der Waals surface area contributed by atoms with E-state index in [1.165, 1.54) is 0 Å². The van der Waals surface area contributed by atoms with Crippen molar-refractivity contribution in [3.05, 3.63) is 66.0 Å². The SMILES string of the molecule is Cc1ccc(S(=O)(=O)NCc2ccc3nccnc3c2)cc1. The van der Waals surface area contributed by atoms with Crippen molar-refractivity contribution in [2.45, 2.75) is 18.4 Å². The molecule has 3 aromatic rings. The third kappa shape index (κ3) is 3.13. The van der Waals surface area contributed by atoms with Crippen LogP contribution in [0.15, 0.2) is 59.8 Å². The summed E-state index contributed by atoms with van der Waals surface area (Å²) in [4.78, 5) is 8.66. The van der Waals surface area contributed by atoms with Crippen molar-refractivity contribution >= 4 is 21.1 Å². The molecular formula is C16H15N3O2S. The standard InChI is InChI=1S/C16H15N3O2S/c1-12-2-5-14(6-3-12)22(20,21)19-11-13-4-7-15-16(10-13)18-9-8-17-15/h2-10,19H,11H2,1H3. The minimum atomic E-state index is -3.51. The fraction of sp³-hybridized carbons (Fsp3) is 0.125. The lowest BCUT2D eigenvalue weighted by Crippen LogP contribution is -2.23. The molecule has 0 amide bonds. The minimum Gasteiger partial charge on any atom is -0.253 e. The van der Waals surface area contributed by atoms with Gasteiger partial charge in [0.1, 0.15) is 0 Å². The van der Waals surface area contributed by atoms with Gasteiger partial charge < -0.3 is 0 Å². The van der Waals surface area contributed by atoms with Crippen LogP contribution in [0.2, 0.25) is 0 Å². The number of aryl methyl sites for hydroxylation is 1. The molecular weight excluding hydrogens is 298 g/mol. The average Bonchev–Trinajstić information content (AvgIpc) is 2.53. The Bertz CT molecular complexity index is 906. The molecule has 112 valence electrons. The Morgan fingerprint density at radius 3 is 2.36 bits per heavy atom. The van der Waals surface area contributed by atoms with Gasteiger partial charge in [-0.05, 0) is 36.8 Å². The number of hydrogen-bond donors (Lipinski definition) is 1. The number of nitrogens with one attached hydrogen (secondary N) is 1. The van der Waals surface area contributed by atoms with Crippen LogP contribution in [0.25, 0.3) is 11.0 Å². The van der Waals surface area contributed by atoms with Crippen LogP contribution in [-0.2, 0) is 16.6 Å². The van der Waals surface area contributed by atoms with E-state index in [1.807, 2.05) is 25.1 Å². The first-order valence-electron chi connectivity index (χ1n) is 6.81. The third-order valence-electron chi connectivity index (χ3n) is 3.33. The number of sulfonamides is 1. The molecule has 5 nitrogen and oxygen atoms in total. The van der Waals surface area contributed by atoms with Crippen LogP contribution < -0.4 is 4.72 Å². The molecule has 22 heavy (non-hydrogen) atoms. The zero-order valence-corrected chi connectivity index (χ0v) is 12.8. The topological polar surface area (TPSA) is 72.0 Å². The van der Waals surface area contributed by atoms with E-state index in [-0.39, 0.29) is 11.4 Å². The normalized spacial score (nSPS) is 11.7. The molecule has 0 fully saturated rings. The lowest BCUT2D eigenvalue weighted by Gasteiger charge is -2.07. The average molecular weight is 313 g/mol. The van der Waals surface area contributed by atoms with Gasteiger partial charge in [0.05, 0.1) is 15.9 Å². The lowest BCUT2D eigenvalue weighted by atomic mass is 10.2. The van der Waals surface area contributed by atoms with Gasteiger partial charge in [-0.25, -0.2) is 13.1 Å². The van der Waals surface area contributed by atoms with Crippen LogP contribution in [0, 0.1) is 6.92 Å². The quantitative estimate of drug-likeness (QED) is 0.803. The zero-order valence-electron chi connectivity index (χ0n) is 12.0. The predicted octanol–water partition coefficient (Wildman–Crippen LogP) is 2.42. The molecule has 0 aliphatic rings. The van der Waals surface area contributed by atoms with Crippen molar-refractivity contribution < 1.29 is 8.42 Å². The largest absolute Gasteiger partial charge is 0.253 e. The predicted molar refractivity (Wildman–Crippen MR) is 84.7 cm³/mol. The molecule has 0 spiro atoms. The molecule has 0 aliphatic heterocycles. The van der Waals surface area contributed by atoms with E-state index in [1.54, 1.807) is 36.7 Å². The molecule has 0 bridgehead atoms. The summed E-state index contributed by atoms with van der Waals surface area (Å²) in [6.07, 6.45) is 3.24. The summed E-state index contributed by atoms with van der Waals surface area (Å²) in [6, 6.07) is 12.3. The van der Waals surface area contributed by atoms with Crippen molar-refractivity contribution in [1.82, 2.24) is 14.7 Å². The Balaban J connectivity index is 1.79. The minimum absolute atomic E-state index is 0.211. The van der Waals surface area contributed by atoms with Crippen molar-refractivity contribution in [2.24, 2.45) is 0 Å². The molecule has 3 rings (SSSR count). The van der Waals surface area contributed by atoms with E-state index >= 15 is 0 Å². The van der Waals surface area contributed by atoms with E-state index in [4.69, 9.17) is 0 Å². The van der Waals surface area contributed by atoms with Crippen LogP contribution >= 0.6 is 0 Å².